The Bertz CT molecular complexity index is 746. The highest BCUT2D eigenvalue weighted by atomic mass is 16.3. The molecule has 2 aromatic rings. The quantitative estimate of drug-likeness (QED) is 0.394. The Morgan fingerprint density at radius 2 is 1.77 bits per heavy atom. The molecule has 0 radical (unpaired) electrons. The Kier molecular flexibility index (Phi) is 4.63. The van der Waals surface area contributed by atoms with E-state index in [2.05, 4.69) is 10.6 Å². The molecule has 0 atom stereocenters. The van der Waals surface area contributed by atoms with Crippen molar-refractivity contribution in [2.45, 2.75) is 0 Å². The van der Waals surface area contributed by atoms with Gasteiger partial charge >= 0.3 is 0 Å². The fraction of sp³-hybridized carbons (Fsp3) is 0. The second-order valence-corrected chi connectivity index (χ2v) is 4.37. The van der Waals surface area contributed by atoms with E-state index in [0.717, 1.165) is 0 Å². The largest absolute Gasteiger partial charge is 0.508 e. The maximum atomic E-state index is 12.0. The highest BCUT2D eigenvalue weighted by Gasteiger charge is 2.09. The third kappa shape index (κ3) is 4.02. The van der Waals surface area contributed by atoms with E-state index >= 15 is 0 Å². The number of hydrogen-bond acceptors (Lipinski definition) is 5. The van der Waals surface area contributed by atoms with E-state index in [1.807, 2.05) is 0 Å². The van der Waals surface area contributed by atoms with E-state index in [0.29, 0.717) is 11.4 Å². The zero-order chi connectivity index (χ0) is 15.9. The first kappa shape index (κ1) is 14.9. The molecule has 4 N–H and O–H groups in total. The fourth-order valence-electron chi connectivity index (χ4n) is 1.64. The number of anilines is 2. The first-order chi connectivity index (χ1) is 10.6. The van der Waals surface area contributed by atoms with E-state index in [4.69, 9.17) is 5.26 Å². The van der Waals surface area contributed by atoms with Crippen LogP contribution >= 0.6 is 0 Å². The molecule has 0 unspecified atom stereocenters. The second-order valence-electron chi connectivity index (χ2n) is 4.37. The van der Waals surface area contributed by atoms with Gasteiger partial charge in [-0.1, -0.05) is 6.07 Å². The summed E-state index contributed by atoms with van der Waals surface area (Å²) >= 11 is 0. The lowest BCUT2D eigenvalue weighted by Crippen LogP contribution is -2.14. The molecule has 0 aromatic heterocycles. The van der Waals surface area contributed by atoms with Crippen LogP contribution in [0.15, 0.2) is 60.3 Å². The predicted molar refractivity (Wildman–Crippen MR) is 82.2 cm³/mol. The minimum absolute atomic E-state index is 0.0745. The van der Waals surface area contributed by atoms with Gasteiger partial charge in [-0.25, -0.2) is 0 Å². The number of phenolic OH excluding ortho intramolecular Hbond substituents is 2. The summed E-state index contributed by atoms with van der Waals surface area (Å²) < 4.78 is 0. The molecule has 22 heavy (non-hydrogen) atoms. The van der Waals surface area contributed by atoms with Crippen molar-refractivity contribution in [2.24, 2.45) is 0 Å². The Balaban J connectivity index is 2.07. The summed E-state index contributed by atoms with van der Waals surface area (Å²) in [7, 11) is 0. The van der Waals surface area contributed by atoms with Crippen LogP contribution in [-0.4, -0.2) is 16.1 Å². The summed E-state index contributed by atoms with van der Waals surface area (Å²) in [5.41, 5.74) is 0.878. The van der Waals surface area contributed by atoms with Crippen molar-refractivity contribution < 1.29 is 15.0 Å². The van der Waals surface area contributed by atoms with Crippen LogP contribution in [0, 0.1) is 11.3 Å². The highest BCUT2D eigenvalue weighted by Crippen LogP contribution is 2.16. The molecule has 1 amide bonds. The third-order valence-corrected chi connectivity index (χ3v) is 2.72. The van der Waals surface area contributed by atoms with Crippen molar-refractivity contribution >= 4 is 17.3 Å². The van der Waals surface area contributed by atoms with Crippen molar-refractivity contribution in [1.82, 2.24) is 0 Å². The van der Waals surface area contributed by atoms with Gasteiger partial charge in [0, 0.05) is 23.6 Å². The number of benzene rings is 2. The Morgan fingerprint density at radius 1 is 1.05 bits per heavy atom. The minimum atomic E-state index is -0.583. The molecule has 2 rings (SSSR count). The topological polar surface area (TPSA) is 105 Å². The summed E-state index contributed by atoms with van der Waals surface area (Å²) in [6.07, 6.45) is 1.25. The lowest BCUT2D eigenvalue weighted by molar-refractivity contribution is -0.112. The second kappa shape index (κ2) is 6.81. The summed E-state index contributed by atoms with van der Waals surface area (Å²) in [6.45, 7) is 0. The molecule has 6 nitrogen and oxygen atoms in total. The molecule has 2 aromatic carbocycles. The average Bonchev–Trinajstić information content (AvgIpc) is 2.50. The lowest BCUT2D eigenvalue weighted by atomic mass is 10.2. The lowest BCUT2D eigenvalue weighted by Gasteiger charge is -2.05. The molecule has 0 aliphatic rings. The first-order valence-corrected chi connectivity index (χ1v) is 6.35. The van der Waals surface area contributed by atoms with Crippen LogP contribution in [0.1, 0.15) is 0 Å². The van der Waals surface area contributed by atoms with E-state index in [-0.39, 0.29) is 17.1 Å². The number of nitrogens with one attached hydrogen (secondary N) is 2. The molecule has 0 aliphatic carbocycles. The van der Waals surface area contributed by atoms with Gasteiger partial charge in [0.25, 0.3) is 5.91 Å². The van der Waals surface area contributed by atoms with Crippen LogP contribution < -0.4 is 10.6 Å². The van der Waals surface area contributed by atoms with Crippen LogP contribution in [0.3, 0.4) is 0 Å². The van der Waals surface area contributed by atoms with Gasteiger partial charge in [0.1, 0.15) is 23.1 Å². The standard InChI is InChI=1S/C16H13N3O3/c17-9-11(10-18-13-2-1-3-15(21)8-13)16(22)19-12-4-6-14(20)7-5-12/h1-8,10,18,20-21H,(H,19,22)/b11-10-. The van der Waals surface area contributed by atoms with Gasteiger partial charge in [-0.15, -0.1) is 0 Å². The number of amides is 1. The zero-order valence-electron chi connectivity index (χ0n) is 11.4. The van der Waals surface area contributed by atoms with E-state index in [9.17, 15) is 15.0 Å². The molecule has 0 fully saturated rings. The van der Waals surface area contributed by atoms with Gasteiger partial charge in [0.15, 0.2) is 0 Å². The number of aromatic hydroxyl groups is 2. The number of hydrogen-bond donors (Lipinski definition) is 4. The van der Waals surface area contributed by atoms with Crippen molar-refractivity contribution in [2.75, 3.05) is 10.6 Å². The molecule has 0 saturated heterocycles. The molecule has 0 heterocycles. The number of rotatable bonds is 4. The molecule has 0 saturated carbocycles. The Labute approximate surface area is 127 Å². The summed E-state index contributed by atoms with van der Waals surface area (Å²) in [5, 5.41) is 32.9. The SMILES string of the molecule is N#C/C(=C/Nc1cccc(O)c1)C(=O)Nc1ccc(O)cc1. The van der Waals surface area contributed by atoms with E-state index < -0.39 is 5.91 Å². The van der Waals surface area contributed by atoms with E-state index in [1.54, 1.807) is 18.2 Å². The fourth-order valence-corrected chi connectivity index (χ4v) is 1.64. The van der Waals surface area contributed by atoms with Gasteiger partial charge in [-0.3, -0.25) is 4.79 Å². The molecule has 110 valence electrons. The minimum Gasteiger partial charge on any atom is -0.508 e. The number of carbonyl (C=O) groups excluding carboxylic acids is 1. The van der Waals surface area contributed by atoms with Gasteiger partial charge in [-0.05, 0) is 36.4 Å². The Morgan fingerprint density at radius 3 is 2.41 bits per heavy atom. The van der Waals surface area contributed by atoms with Crippen LogP contribution in [0.4, 0.5) is 11.4 Å². The monoisotopic (exact) mass is 295 g/mol. The van der Waals surface area contributed by atoms with Crippen molar-refractivity contribution in [1.29, 1.82) is 5.26 Å². The molecule has 0 spiro atoms. The molecule has 0 aliphatic heterocycles. The van der Waals surface area contributed by atoms with Crippen molar-refractivity contribution in [3.8, 4) is 17.6 Å². The maximum absolute atomic E-state index is 12.0. The summed E-state index contributed by atoms with van der Waals surface area (Å²) in [5.74, 6) is -0.425. The summed E-state index contributed by atoms with van der Waals surface area (Å²) in [6, 6.07) is 14.0. The van der Waals surface area contributed by atoms with Gasteiger partial charge in [0.2, 0.25) is 0 Å². The van der Waals surface area contributed by atoms with Crippen molar-refractivity contribution in [3.63, 3.8) is 0 Å². The van der Waals surface area contributed by atoms with Crippen molar-refractivity contribution in [3.05, 3.63) is 60.3 Å². The molecular formula is C16H13N3O3. The predicted octanol–water partition coefficient (Wildman–Crippen LogP) is 2.56. The van der Waals surface area contributed by atoms with Gasteiger partial charge in [-0.2, -0.15) is 5.26 Å². The molecular weight excluding hydrogens is 282 g/mol. The van der Waals surface area contributed by atoms with Crippen LogP contribution in [0.5, 0.6) is 11.5 Å². The molecule has 0 bridgehead atoms. The number of phenols is 2. The van der Waals surface area contributed by atoms with Crippen LogP contribution in [-0.2, 0) is 4.79 Å². The highest BCUT2D eigenvalue weighted by molar-refractivity contribution is 6.06. The zero-order valence-corrected chi connectivity index (χ0v) is 11.4. The summed E-state index contributed by atoms with van der Waals surface area (Å²) in [4.78, 5) is 12.0. The molecule has 6 heteroatoms. The normalized spacial score (nSPS) is 10.6. The van der Waals surface area contributed by atoms with Gasteiger partial charge < -0.3 is 20.8 Å². The first-order valence-electron chi connectivity index (χ1n) is 6.35. The van der Waals surface area contributed by atoms with Gasteiger partial charge in [0.05, 0.1) is 0 Å². The number of nitriles is 1. The van der Waals surface area contributed by atoms with Crippen LogP contribution in [0.2, 0.25) is 0 Å². The average molecular weight is 295 g/mol. The van der Waals surface area contributed by atoms with Crippen LogP contribution in [0.25, 0.3) is 0 Å². The number of nitrogens with zero attached hydrogens (tertiary/aromatic N) is 1. The maximum Gasteiger partial charge on any atom is 0.267 e. The Hall–Kier alpha value is -3.46. The number of carbonyl (C=O) groups is 1. The van der Waals surface area contributed by atoms with E-state index in [1.165, 1.54) is 42.6 Å². The third-order valence-electron chi connectivity index (χ3n) is 2.72. The smallest absolute Gasteiger partial charge is 0.267 e.